The van der Waals surface area contributed by atoms with Crippen molar-refractivity contribution in [3.63, 3.8) is 0 Å². The summed E-state index contributed by atoms with van der Waals surface area (Å²) in [6.45, 7) is 6.19. The molecule has 35 heavy (non-hydrogen) atoms. The van der Waals surface area contributed by atoms with Crippen LogP contribution in [0.4, 0.5) is 11.5 Å². The maximum atomic E-state index is 6.41. The summed E-state index contributed by atoms with van der Waals surface area (Å²) in [5.74, 6) is 1.86. The zero-order chi connectivity index (χ0) is 24.2. The number of anilines is 2. The molecule has 0 bridgehead atoms. The van der Waals surface area contributed by atoms with Gasteiger partial charge in [-0.2, -0.15) is 0 Å². The van der Waals surface area contributed by atoms with Gasteiger partial charge >= 0.3 is 0 Å². The molecule has 2 aromatic heterocycles. The number of pyridine rings is 1. The molecule has 0 radical (unpaired) electrons. The number of benzene rings is 2. The van der Waals surface area contributed by atoms with Gasteiger partial charge in [-0.3, -0.25) is 4.98 Å². The lowest BCUT2D eigenvalue weighted by molar-refractivity contribution is -0.0408. The molecular weight excluding hydrogens is 460 g/mol. The SMILES string of the molecule is CC(C)c1ccc(Nc2nc(COC3CCOCC3)nc3cc(-c4ncccc4Cl)ccc23)cc1. The van der Waals surface area contributed by atoms with Crippen molar-refractivity contribution in [2.24, 2.45) is 0 Å². The van der Waals surface area contributed by atoms with Gasteiger partial charge in [-0.15, -0.1) is 0 Å². The molecular formula is C28H29ClN4O2. The fraction of sp³-hybridized carbons (Fsp3) is 0.321. The molecule has 1 N–H and O–H groups in total. The Kier molecular flexibility index (Phi) is 7.23. The summed E-state index contributed by atoms with van der Waals surface area (Å²) in [6.07, 6.45) is 3.69. The van der Waals surface area contributed by atoms with Crippen LogP contribution in [-0.4, -0.2) is 34.3 Å². The summed E-state index contributed by atoms with van der Waals surface area (Å²) in [7, 11) is 0. The van der Waals surface area contributed by atoms with Crippen molar-refractivity contribution in [3.8, 4) is 11.3 Å². The molecule has 1 aliphatic rings. The van der Waals surface area contributed by atoms with Crippen LogP contribution in [-0.2, 0) is 16.1 Å². The first-order valence-corrected chi connectivity index (χ1v) is 12.4. The Bertz CT molecular complexity index is 1300. The predicted molar refractivity (Wildman–Crippen MR) is 140 cm³/mol. The Balaban J connectivity index is 1.50. The lowest BCUT2D eigenvalue weighted by atomic mass is 10.0. The van der Waals surface area contributed by atoms with E-state index in [0.717, 1.165) is 59.7 Å². The molecule has 0 saturated carbocycles. The second-order valence-corrected chi connectivity index (χ2v) is 9.49. The van der Waals surface area contributed by atoms with E-state index in [1.54, 1.807) is 6.20 Å². The van der Waals surface area contributed by atoms with Crippen LogP contribution >= 0.6 is 11.6 Å². The van der Waals surface area contributed by atoms with Crippen molar-refractivity contribution < 1.29 is 9.47 Å². The third kappa shape index (κ3) is 5.61. The van der Waals surface area contributed by atoms with E-state index in [-0.39, 0.29) is 6.10 Å². The molecule has 0 aliphatic carbocycles. The van der Waals surface area contributed by atoms with Gasteiger partial charge in [0.25, 0.3) is 0 Å². The molecule has 1 saturated heterocycles. The molecule has 6 nitrogen and oxygen atoms in total. The van der Waals surface area contributed by atoms with Crippen molar-refractivity contribution in [2.75, 3.05) is 18.5 Å². The van der Waals surface area contributed by atoms with E-state index in [2.05, 4.69) is 48.4 Å². The first-order valence-electron chi connectivity index (χ1n) is 12.0. The summed E-state index contributed by atoms with van der Waals surface area (Å²) < 4.78 is 11.6. The molecule has 1 fully saturated rings. The van der Waals surface area contributed by atoms with Crippen molar-refractivity contribution in [1.82, 2.24) is 15.0 Å². The average Bonchev–Trinajstić information content (AvgIpc) is 2.88. The van der Waals surface area contributed by atoms with Crippen LogP contribution in [0.25, 0.3) is 22.2 Å². The molecule has 0 unspecified atom stereocenters. The zero-order valence-corrected chi connectivity index (χ0v) is 20.8. The smallest absolute Gasteiger partial charge is 0.157 e. The molecule has 1 aliphatic heterocycles. The first-order chi connectivity index (χ1) is 17.1. The monoisotopic (exact) mass is 488 g/mol. The van der Waals surface area contributed by atoms with Crippen LogP contribution in [0.2, 0.25) is 5.02 Å². The highest BCUT2D eigenvalue weighted by molar-refractivity contribution is 6.33. The van der Waals surface area contributed by atoms with E-state index in [0.29, 0.717) is 23.4 Å². The summed E-state index contributed by atoms with van der Waals surface area (Å²) in [5.41, 5.74) is 4.72. The molecule has 7 heteroatoms. The highest BCUT2D eigenvalue weighted by Crippen LogP contribution is 2.31. The van der Waals surface area contributed by atoms with Gasteiger partial charge in [0.2, 0.25) is 0 Å². The molecule has 5 rings (SSSR count). The lowest BCUT2D eigenvalue weighted by Gasteiger charge is -2.22. The second-order valence-electron chi connectivity index (χ2n) is 9.08. The third-order valence-corrected chi connectivity index (χ3v) is 6.54. The van der Waals surface area contributed by atoms with Crippen molar-refractivity contribution >= 4 is 34.0 Å². The fourth-order valence-corrected chi connectivity index (χ4v) is 4.44. The Hall–Kier alpha value is -3.06. The van der Waals surface area contributed by atoms with E-state index in [4.69, 9.17) is 31.0 Å². The van der Waals surface area contributed by atoms with Crippen LogP contribution in [0.3, 0.4) is 0 Å². The molecule has 0 atom stereocenters. The summed E-state index contributed by atoms with van der Waals surface area (Å²) in [4.78, 5) is 14.1. The van der Waals surface area contributed by atoms with Crippen LogP contribution in [0, 0.1) is 0 Å². The van der Waals surface area contributed by atoms with Crippen LogP contribution in [0.15, 0.2) is 60.8 Å². The predicted octanol–water partition coefficient (Wildman–Crippen LogP) is 6.91. The molecule has 180 valence electrons. The number of aromatic nitrogens is 3. The Morgan fingerprint density at radius 1 is 1.06 bits per heavy atom. The zero-order valence-electron chi connectivity index (χ0n) is 20.0. The largest absolute Gasteiger partial charge is 0.381 e. The van der Waals surface area contributed by atoms with Crippen molar-refractivity contribution in [1.29, 1.82) is 0 Å². The van der Waals surface area contributed by atoms with E-state index in [9.17, 15) is 0 Å². The van der Waals surface area contributed by atoms with Crippen molar-refractivity contribution in [3.05, 3.63) is 77.2 Å². The molecule has 0 amide bonds. The van der Waals surface area contributed by atoms with Gasteiger partial charge in [-0.25, -0.2) is 9.97 Å². The van der Waals surface area contributed by atoms with Gasteiger partial charge in [0.15, 0.2) is 5.82 Å². The summed E-state index contributed by atoms with van der Waals surface area (Å²) in [6, 6.07) is 18.2. The fourth-order valence-electron chi connectivity index (χ4n) is 4.21. The van der Waals surface area contributed by atoms with Crippen LogP contribution in [0.1, 0.15) is 44.0 Å². The third-order valence-electron chi connectivity index (χ3n) is 6.23. The number of ether oxygens (including phenoxy) is 2. The standard InChI is InChI=1S/C28H29ClN4O2/c1-18(2)19-5-8-21(9-6-19)31-28-23-10-7-20(27-24(29)4-3-13-30-27)16-25(23)32-26(33-28)17-35-22-11-14-34-15-12-22/h3-10,13,16,18,22H,11-12,14-15,17H2,1-2H3,(H,31,32,33). The van der Waals surface area contributed by atoms with Crippen LogP contribution in [0.5, 0.6) is 0 Å². The number of fused-ring (bicyclic) bond motifs is 1. The maximum Gasteiger partial charge on any atom is 0.157 e. The highest BCUT2D eigenvalue weighted by Gasteiger charge is 2.17. The van der Waals surface area contributed by atoms with Gasteiger partial charge in [-0.05, 0) is 60.7 Å². The number of nitrogens with one attached hydrogen (secondary N) is 1. The Labute approximate surface area is 210 Å². The van der Waals surface area contributed by atoms with Crippen molar-refractivity contribution in [2.45, 2.75) is 45.3 Å². The Morgan fingerprint density at radius 2 is 1.86 bits per heavy atom. The summed E-state index contributed by atoms with van der Waals surface area (Å²) >= 11 is 6.41. The maximum absolute atomic E-state index is 6.41. The number of hydrogen-bond donors (Lipinski definition) is 1. The average molecular weight is 489 g/mol. The van der Waals surface area contributed by atoms with Gasteiger partial charge in [0, 0.05) is 36.0 Å². The van der Waals surface area contributed by atoms with Gasteiger partial charge in [0.05, 0.1) is 22.3 Å². The van der Waals surface area contributed by atoms with Crippen LogP contribution < -0.4 is 5.32 Å². The molecule has 2 aromatic carbocycles. The van der Waals surface area contributed by atoms with Gasteiger partial charge in [0.1, 0.15) is 12.4 Å². The molecule has 3 heterocycles. The van der Waals surface area contributed by atoms with E-state index >= 15 is 0 Å². The molecule has 0 spiro atoms. The number of halogens is 1. The van der Waals surface area contributed by atoms with Gasteiger partial charge in [-0.1, -0.05) is 43.6 Å². The lowest BCUT2D eigenvalue weighted by Crippen LogP contribution is -2.23. The Morgan fingerprint density at radius 3 is 2.60 bits per heavy atom. The highest BCUT2D eigenvalue weighted by atomic mass is 35.5. The normalized spacial score (nSPS) is 14.5. The minimum absolute atomic E-state index is 0.168. The number of rotatable bonds is 7. The van der Waals surface area contributed by atoms with Gasteiger partial charge < -0.3 is 14.8 Å². The minimum atomic E-state index is 0.168. The quantitative estimate of drug-likeness (QED) is 0.305. The first kappa shape index (κ1) is 23.7. The minimum Gasteiger partial charge on any atom is -0.381 e. The van der Waals surface area contributed by atoms with E-state index < -0.39 is 0 Å². The summed E-state index contributed by atoms with van der Waals surface area (Å²) in [5, 5.41) is 5.02. The number of nitrogens with zero attached hydrogens (tertiary/aromatic N) is 3. The number of hydrogen-bond acceptors (Lipinski definition) is 6. The van der Waals surface area contributed by atoms with E-state index in [1.807, 2.05) is 30.3 Å². The second kappa shape index (κ2) is 10.7. The molecule has 4 aromatic rings. The topological polar surface area (TPSA) is 69.2 Å². The van der Waals surface area contributed by atoms with E-state index in [1.165, 1.54) is 5.56 Å².